The topological polar surface area (TPSA) is 66.9 Å². The quantitative estimate of drug-likeness (QED) is 0.903. The number of nitrogens with zero attached hydrogens (tertiary/aromatic N) is 2. The highest BCUT2D eigenvalue weighted by atomic mass is 19.1. The van der Waals surface area contributed by atoms with Crippen LogP contribution in [0.5, 0.6) is 0 Å². The maximum Gasteiger partial charge on any atom is 0.224 e. The molecule has 2 fully saturated rings. The largest absolute Gasteiger partial charge is 0.345 e. The molecule has 6 heteroatoms. The van der Waals surface area contributed by atoms with Crippen molar-refractivity contribution in [3.05, 3.63) is 35.5 Å². The Morgan fingerprint density at radius 2 is 2.00 bits per heavy atom. The van der Waals surface area contributed by atoms with Gasteiger partial charge in [0.05, 0.1) is 11.2 Å². The minimum Gasteiger partial charge on any atom is -0.345 e. The summed E-state index contributed by atoms with van der Waals surface area (Å²) in [4.78, 5) is 21.4. The molecule has 1 aromatic carbocycles. The normalized spacial score (nSPS) is 25.6. The van der Waals surface area contributed by atoms with Crippen molar-refractivity contribution in [3.63, 3.8) is 0 Å². The van der Waals surface area contributed by atoms with E-state index in [1.54, 1.807) is 19.1 Å². The lowest BCUT2D eigenvalue weighted by atomic mass is 9.95. The van der Waals surface area contributed by atoms with Gasteiger partial charge in [-0.05, 0) is 51.8 Å². The molecular weight excluding hydrogens is 307 g/mol. The van der Waals surface area contributed by atoms with E-state index in [4.69, 9.17) is 0 Å². The Labute approximate surface area is 140 Å². The second kappa shape index (κ2) is 5.21. The smallest absolute Gasteiger partial charge is 0.224 e. The van der Waals surface area contributed by atoms with Crippen molar-refractivity contribution in [1.29, 1.82) is 0 Å². The van der Waals surface area contributed by atoms with E-state index in [0.717, 1.165) is 13.1 Å². The number of carbonyl (C=O) groups excluding carboxylic acids is 1. The van der Waals surface area contributed by atoms with Crippen molar-refractivity contribution in [1.82, 2.24) is 20.6 Å². The summed E-state index contributed by atoms with van der Waals surface area (Å²) < 4.78 is 14.1. The van der Waals surface area contributed by atoms with Gasteiger partial charge in [0.2, 0.25) is 5.91 Å². The Hall–Kier alpha value is -2.08. The van der Waals surface area contributed by atoms with Crippen molar-refractivity contribution >= 4 is 16.8 Å². The van der Waals surface area contributed by atoms with Gasteiger partial charge in [-0.15, -0.1) is 0 Å². The zero-order chi connectivity index (χ0) is 17.1. The number of nitrogens with one attached hydrogen (secondary N) is 2. The van der Waals surface area contributed by atoms with Gasteiger partial charge in [-0.3, -0.25) is 4.79 Å². The van der Waals surface area contributed by atoms with Gasteiger partial charge in [0.1, 0.15) is 17.2 Å². The fourth-order valence-corrected chi connectivity index (χ4v) is 3.96. The zero-order valence-corrected chi connectivity index (χ0v) is 14.1. The maximum absolute atomic E-state index is 14.1. The number of aromatic nitrogens is 2. The number of rotatable bonds is 3. The first-order valence-electron chi connectivity index (χ1n) is 8.34. The van der Waals surface area contributed by atoms with Gasteiger partial charge in [-0.25, -0.2) is 14.4 Å². The minimum atomic E-state index is -0.693. The molecule has 1 saturated heterocycles. The molecule has 2 N–H and O–H groups in total. The van der Waals surface area contributed by atoms with Crippen molar-refractivity contribution in [2.45, 2.75) is 26.3 Å². The second-order valence-corrected chi connectivity index (χ2v) is 7.38. The summed E-state index contributed by atoms with van der Waals surface area (Å²) in [7, 11) is 0. The lowest BCUT2D eigenvalue weighted by Gasteiger charge is -2.27. The maximum atomic E-state index is 14.1. The van der Waals surface area contributed by atoms with Gasteiger partial charge in [0.15, 0.2) is 0 Å². The summed E-state index contributed by atoms with van der Waals surface area (Å²) >= 11 is 0. The number of fused-ring (bicyclic) bond motifs is 2. The van der Waals surface area contributed by atoms with Gasteiger partial charge in [0.25, 0.3) is 0 Å². The van der Waals surface area contributed by atoms with Crippen molar-refractivity contribution in [2.24, 2.45) is 17.8 Å². The summed E-state index contributed by atoms with van der Waals surface area (Å²) in [5, 5.41) is 7.06. The zero-order valence-electron chi connectivity index (χ0n) is 14.1. The summed E-state index contributed by atoms with van der Waals surface area (Å²) in [6, 6.07) is 4.84. The van der Waals surface area contributed by atoms with Crippen LogP contribution in [0.2, 0.25) is 0 Å². The number of halogens is 1. The number of benzene rings is 1. The number of hydrogen-bond donors (Lipinski definition) is 2. The van der Waals surface area contributed by atoms with Crippen LogP contribution in [0, 0.1) is 30.5 Å². The van der Waals surface area contributed by atoms with E-state index >= 15 is 0 Å². The first-order chi connectivity index (χ1) is 11.4. The van der Waals surface area contributed by atoms with Gasteiger partial charge >= 0.3 is 0 Å². The fraction of sp³-hybridized carbons (Fsp3) is 0.500. The molecule has 24 heavy (non-hydrogen) atoms. The molecule has 0 radical (unpaired) electrons. The molecule has 0 spiro atoms. The Morgan fingerprint density at radius 3 is 2.71 bits per heavy atom. The van der Waals surface area contributed by atoms with E-state index in [2.05, 4.69) is 20.6 Å². The molecule has 3 atom stereocenters. The van der Waals surface area contributed by atoms with Crippen LogP contribution in [0.15, 0.2) is 18.2 Å². The molecule has 1 amide bonds. The van der Waals surface area contributed by atoms with Crippen LogP contribution in [-0.4, -0.2) is 29.0 Å². The molecule has 1 aromatic heterocycles. The Bertz CT molecular complexity index is 825. The Balaban J connectivity index is 1.68. The van der Waals surface area contributed by atoms with Crippen LogP contribution < -0.4 is 10.6 Å². The Kier molecular flexibility index (Phi) is 3.35. The van der Waals surface area contributed by atoms with Crippen LogP contribution >= 0.6 is 0 Å². The van der Waals surface area contributed by atoms with Gasteiger partial charge in [-0.2, -0.15) is 0 Å². The average molecular weight is 328 g/mol. The summed E-state index contributed by atoms with van der Waals surface area (Å²) in [6.07, 6.45) is 0. The number of piperidine rings is 1. The van der Waals surface area contributed by atoms with Crippen molar-refractivity contribution in [2.75, 3.05) is 13.1 Å². The molecule has 4 rings (SSSR count). The summed E-state index contributed by atoms with van der Waals surface area (Å²) in [5.74, 6) is 1.21. The molecule has 1 unspecified atom stereocenters. The summed E-state index contributed by atoms with van der Waals surface area (Å²) in [5.41, 5.74) is 0.262. The second-order valence-electron chi connectivity index (χ2n) is 7.38. The number of para-hydroxylation sites is 1. The highest BCUT2D eigenvalue weighted by Gasteiger charge is 2.57. The highest BCUT2D eigenvalue weighted by molar-refractivity contribution is 5.86. The average Bonchev–Trinajstić information content (AvgIpc) is 3.01. The lowest BCUT2D eigenvalue weighted by Crippen LogP contribution is -2.44. The van der Waals surface area contributed by atoms with Crippen molar-refractivity contribution in [3.8, 4) is 0 Å². The predicted molar refractivity (Wildman–Crippen MR) is 88.7 cm³/mol. The van der Waals surface area contributed by atoms with Crippen LogP contribution in [0.3, 0.4) is 0 Å². The number of amides is 1. The molecule has 1 saturated carbocycles. The molecular formula is C18H21FN4O. The van der Waals surface area contributed by atoms with Crippen LogP contribution in [0.25, 0.3) is 10.9 Å². The first kappa shape index (κ1) is 15.4. The van der Waals surface area contributed by atoms with E-state index in [9.17, 15) is 9.18 Å². The van der Waals surface area contributed by atoms with E-state index in [1.165, 1.54) is 6.07 Å². The molecule has 2 heterocycles. The monoisotopic (exact) mass is 328 g/mol. The van der Waals surface area contributed by atoms with Crippen LogP contribution in [-0.2, 0) is 10.3 Å². The molecule has 1 aliphatic heterocycles. The van der Waals surface area contributed by atoms with E-state index in [0.29, 0.717) is 34.3 Å². The fourth-order valence-electron chi connectivity index (χ4n) is 3.96. The number of hydrogen-bond acceptors (Lipinski definition) is 4. The van der Waals surface area contributed by atoms with E-state index in [-0.39, 0.29) is 17.6 Å². The van der Waals surface area contributed by atoms with E-state index in [1.807, 2.05) is 13.8 Å². The van der Waals surface area contributed by atoms with Gasteiger partial charge < -0.3 is 10.6 Å². The lowest BCUT2D eigenvalue weighted by molar-refractivity contribution is -0.124. The predicted octanol–water partition coefficient (Wildman–Crippen LogP) is 1.89. The SMILES string of the molecule is Cc1nc(C(C)(C)NC(=O)[C@@H]2C3CNC[C@H]32)c2cccc(F)c2n1. The Morgan fingerprint density at radius 1 is 1.29 bits per heavy atom. The number of aryl methyl sites for hydroxylation is 1. The molecule has 1 aliphatic carbocycles. The van der Waals surface area contributed by atoms with E-state index < -0.39 is 5.54 Å². The third kappa shape index (κ3) is 2.36. The molecule has 2 aromatic rings. The van der Waals surface area contributed by atoms with Gasteiger partial charge in [-0.1, -0.05) is 12.1 Å². The molecule has 5 nitrogen and oxygen atoms in total. The number of carbonyl (C=O) groups is 1. The standard InChI is InChI=1S/C18H21FN4O/c1-9-21-15-10(5-4-6-13(15)19)16(22-9)18(2,3)23-17(24)14-11-7-20-8-12(11)14/h4-6,11-12,14,20H,7-8H2,1-3H3,(H,23,24)/t11-,12?,14+/m1/s1. The highest BCUT2D eigenvalue weighted by Crippen LogP contribution is 2.49. The molecule has 0 bridgehead atoms. The molecule has 126 valence electrons. The first-order valence-corrected chi connectivity index (χ1v) is 8.34. The third-order valence-electron chi connectivity index (χ3n) is 5.21. The molecule has 2 aliphatic rings. The van der Waals surface area contributed by atoms with Crippen molar-refractivity contribution < 1.29 is 9.18 Å². The van der Waals surface area contributed by atoms with Gasteiger partial charge in [0, 0.05) is 11.3 Å². The van der Waals surface area contributed by atoms with Crippen LogP contribution in [0.4, 0.5) is 4.39 Å². The third-order valence-corrected chi connectivity index (χ3v) is 5.21. The summed E-state index contributed by atoms with van der Waals surface area (Å²) in [6.45, 7) is 7.40. The van der Waals surface area contributed by atoms with Crippen LogP contribution in [0.1, 0.15) is 25.4 Å². The minimum absolute atomic E-state index is 0.0670.